The van der Waals surface area contributed by atoms with Crippen LogP contribution in [-0.2, 0) is 16.2 Å². The Morgan fingerprint density at radius 1 is 1.17 bits per heavy atom. The molecule has 0 atom stereocenters. The first-order valence-electron chi connectivity index (χ1n) is 6.86. The van der Waals surface area contributed by atoms with Crippen molar-refractivity contribution in [1.29, 1.82) is 0 Å². The predicted octanol–water partition coefficient (Wildman–Crippen LogP) is 2.46. The van der Waals surface area contributed by atoms with Crippen molar-refractivity contribution >= 4 is 17.7 Å². The number of rotatable bonds is 5. The molecule has 0 bridgehead atoms. The summed E-state index contributed by atoms with van der Waals surface area (Å²) < 4.78 is 5.09. The van der Waals surface area contributed by atoms with Crippen molar-refractivity contribution in [2.45, 2.75) is 6.61 Å². The normalized spacial score (nSPS) is 10.0. The minimum atomic E-state index is -0.594. The van der Waals surface area contributed by atoms with Gasteiger partial charge in [-0.15, -0.1) is 0 Å². The van der Waals surface area contributed by atoms with E-state index >= 15 is 0 Å². The first-order valence-corrected chi connectivity index (χ1v) is 6.86. The van der Waals surface area contributed by atoms with Crippen LogP contribution in [-0.4, -0.2) is 36.2 Å². The Labute approximate surface area is 133 Å². The van der Waals surface area contributed by atoms with Crippen LogP contribution in [0.15, 0.2) is 48.7 Å². The highest BCUT2D eigenvalue weighted by Gasteiger charge is 2.13. The molecule has 2 rings (SSSR count). The van der Waals surface area contributed by atoms with E-state index in [2.05, 4.69) is 10.3 Å². The fourth-order valence-electron chi connectivity index (χ4n) is 1.72. The molecular formula is C16H17N3O4. The van der Waals surface area contributed by atoms with Crippen molar-refractivity contribution in [3.8, 4) is 0 Å². The highest BCUT2D eigenvalue weighted by atomic mass is 16.7. The van der Waals surface area contributed by atoms with Crippen LogP contribution in [0.2, 0.25) is 0 Å². The average molecular weight is 315 g/mol. The van der Waals surface area contributed by atoms with Gasteiger partial charge in [0.15, 0.2) is 0 Å². The number of ether oxygens (including phenoxy) is 1. The minimum absolute atomic E-state index is 0.176. The summed E-state index contributed by atoms with van der Waals surface area (Å²) in [5.41, 5.74) is 1.53. The third-order valence-electron chi connectivity index (χ3n) is 3.00. The number of carbonyl (C=O) groups is 2. The lowest BCUT2D eigenvalue weighted by molar-refractivity contribution is -0.0760. The lowest BCUT2D eigenvalue weighted by Crippen LogP contribution is -2.26. The van der Waals surface area contributed by atoms with Crippen molar-refractivity contribution in [3.05, 3.63) is 59.9 Å². The topological polar surface area (TPSA) is 80.8 Å². The van der Waals surface area contributed by atoms with Gasteiger partial charge in [-0.1, -0.05) is 30.3 Å². The van der Waals surface area contributed by atoms with Gasteiger partial charge in [0.1, 0.15) is 12.3 Å². The lowest BCUT2D eigenvalue weighted by Gasteiger charge is -2.13. The Balaban J connectivity index is 1.88. The molecule has 0 aliphatic rings. The maximum absolute atomic E-state index is 11.8. The maximum Gasteiger partial charge on any atom is 0.412 e. The van der Waals surface area contributed by atoms with Crippen LogP contribution in [0.4, 0.5) is 10.5 Å². The van der Waals surface area contributed by atoms with Gasteiger partial charge in [0.2, 0.25) is 0 Å². The second-order valence-electron chi connectivity index (χ2n) is 4.60. The van der Waals surface area contributed by atoms with Gasteiger partial charge in [-0.05, 0) is 17.7 Å². The number of amides is 2. The summed E-state index contributed by atoms with van der Waals surface area (Å²) in [6.07, 6.45) is 0.782. The molecular weight excluding hydrogens is 298 g/mol. The quantitative estimate of drug-likeness (QED) is 0.857. The van der Waals surface area contributed by atoms with E-state index in [-0.39, 0.29) is 18.2 Å². The number of aromatic nitrogens is 1. The lowest BCUT2D eigenvalue weighted by atomic mass is 10.2. The van der Waals surface area contributed by atoms with Crippen LogP contribution in [0.25, 0.3) is 0 Å². The van der Waals surface area contributed by atoms with E-state index in [9.17, 15) is 9.59 Å². The number of nitrogens with one attached hydrogen (secondary N) is 1. The number of anilines is 1. The number of hydrogen-bond acceptors (Lipinski definition) is 5. The fourth-order valence-corrected chi connectivity index (χ4v) is 1.72. The van der Waals surface area contributed by atoms with E-state index < -0.39 is 6.09 Å². The van der Waals surface area contributed by atoms with Gasteiger partial charge in [0.05, 0.1) is 19.0 Å². The zero-order chi connectivity index (χ0) is 16.7. The zero-order valence-electron chi connectivity index (χ0n) is 12.9. The Hall–Kier alpha value is -2.93. The van der Waals surface area contributed by atoms with Crippen LogP contribution in [0.5, 0.6) is 0 Å². The SMILES string of the molecule is CON(C)C(=O)c1ccc(NC(=O)OCc2ccccc2)cn1. The second-order valence-corrected chi connectivity index (χ2v) is 4.60. The minimum Gasteiger partial charge on any atom is -0.444 e. The largest absolute Gasteiger partial charge is 0.444 e. The smallest absolute Gasteiger partial charge is 0.412 e. The average Bonchev–Trinajstić information content (AvgIpc) is 2.60. The van der Waals surface area contributed by atoms with Crippen LogP contribution >= 0.6 is 0 Å². The molecule has 120 valence electrons. The summed E-state index contributed by atoms with van der Waals surface area (Å²) in [7, 11) is 2.87. The summed E-state index contributed by atoms with van der Waals surface area (Å²) in [5.74, 6) is -0.384. The van der Waals surface area contributed by atoms with Crippen LogP contribution in [0.3, 0.4) is 0 Å². The molecule has 7 heteroatoms. The molecule has 0 fully saturated rings. The molecule has 0 unspecified atom stereocenters. The number of nitrogens with zero attached hydrogens (tertiary/aromatic N) is 2. The highest BCUT2D eigenvalue weighted by molar-refractivity contribution is 5.92. The molecule has 1 heterocycles. The molecule has 0 aliphatic carbocycles. The fraction of sp³-hybridized carbons (Fsp3) is 0.188. The molecule has 0 spiro atoms. The van der Waals surface area contributed by atoms with E-state index in [1.165, 1.54) is 26.4 Å². The standard InChI is InChI=1S/C16H17N3O4/c1-19(22-2)15(20)14-9-8-13(10-17-14)18-16(21)23-11-12-6-4-3-5-7-12/h3-10H,11H2,1-2H3,(H,18,21). The van der Waals surface area contributed by atoms with Crippen molar-refractivity contribution in [2.24, 2.45) is 0 Å². The summed E-state index contributed by atoms with van der Waals surface area (Å²) in [6, 6.07) is 12.4. The van der Waals surface area contributed by atoms with E-state index in [1.54, 1.807) is 6.07 Å². The monoisotopic (exact) mass is 315 g/mol. The summed E-state index contributed by atoms with van der Waals surface area (Å²) >= 11 is 0. The van der Waals surface area contributed by atoms with E-state index in [0.29, 0.717) is 5.69 Å². The molecule has 7 nitrogen and oxygen atoms in total. The Kier molecular flexibility index (Phi) is 5.65. The van der Waals surface area contributed by atoms with Crippen LogP contribution < -0.4 is 5.32 Å². The number of hydroxylamine groups is 2. The van der Waals surface area contributed by atoms with E-state index in [1.807, 2.05) is 30.3 Å². The molecule has 0 saturated heterocycles. The molecule has 2 aromatic rings. The Morgan fingerprint density at radius 2 is 1.91 bits per heavy atom. The number of pyridine rings is 1. The molecule has 0 saturated carbocycles. The predicted molar refractivity (Wildman–Crippen MR) is 83.6 cm³/mol. The van der Waals surface area contributed by atoms with Gasteiger partial charge in [0, 0.05) is 7.05 Å². The van der Waals surface area contributed by atoms with Crippen molar-refractivity contribution in [3.63, 3.8) is 0 Å². The van der Waals surface area contributed by atoms with Crippen LogP contribution in [0.1, 0.15) is 16.1 Å². The first-order chi connectivity index (χ1) is 11.1. The summed E-state index contributed by atoms with van der Waals surface area (Å²) in [5, 5.41) is 3.60. The van der Waals surface area contributed by atoms with E-state index in [4.69, 9.17) is 9.57 Å². The molecule has 23 heavy (non-hydrogen) atoms. The van der Waals surface area contributed by atoms with Gasteiger partial charge >= 0.3 is 6.09 Å². The molecule has 1 aromatic heterocycles. The van der Waals surface area contributed by atoms with Gasteiger partial charge < -0.3 is 4.74 Å². The Morgan fingerprint density at radius 3 is 2.52 bits per heavy atom. The number of hydrogen-bond donors (Lipinski definition) is 1. The third-order valence-corrected chi connectivity index (χ3v) is 3.00. The molecule has 0 aliphatic heterocycles. The number of benzene rings is 1. The highest BCUT2D eigenvalue weighted by Crippen LogP contribution is 2.09. The molecule has 1 N–H and O–H groups in total. The van der Waals surface area contributed by atoms with Crippen molar-refractivity contribution in [1.82, 2.24) is 10.0 Å². The molecule has 1 aromatic carbocycles. The molecule has 2 amide bonds. The van der Waals surface area contributed by atoms with Crippen molar-refractivity contribution < 1.29 is 19.2 Å². The second kappa shape index (κ2) is 7.90. The first kappa shape index (κ1) is 16.4. The van der Waals surface area contributed by atoms with Gasteiger partial charge in [-0.25, -0.2) is 14.8 Å². The number of carbonyl (C=O) groups excluding carboxylic acids is 2. The van der Waals surface area contributed by atoms with Gasteiger partial charge in [-0.2, -0.15) is 0 Å². The summed E-state index contributed by atoms with van der Waals surface area (Å²) in [6.45, 7) is 0.176. The van der Waals surface area contributed by atoms with E-state index in [0.717, 1.165) is 10.6 Å². The molecule has 0 radical (unpaired) electrons. The van der Waals surface area contributed by atoms with Gasteiger partial charge in [0.25, 0.3) is 5.91 Å². The maximum atomic E-state index is 11.8. The van der Waals surface area contributed by atoms with Crippen molar-refractivity contribution in [2.75, 3.05) is 19.5 Å². The Bertz CT molecular complexity index is 659. The zero-order valence-corrected chi connectivity index (χ0v) is 12.9. The van der Waals surface area contributed by atoms with Gasteiger partial charge in [-0.3, -0.25) is 14.9 Å². The van der Waals surface area contributed by atoms with Crippen LogP contribution in [0, 0.1) is 0 Å². The summed E-state index contributed by atoms with van der Waals surface area (Å²) in [4.78, 5) is 32.3. The third kappa shape index (κ3) is 4.79.